The molecule has 1 unspecified atom stereocenters. The maximum Gasteiger partial charge on any atom is 0.161 e. The normalized spacial score (nSPS) is 11.9. The smallest absolute Gasteiger partial charge is 0.161 e. The number of nitrogens with one attached hydrogen (secondary N) is 1. The standard InChI is InChI=1S/C12H18N2O2/c1-3-15-10-6-4-5-7-11(10)16-8-9(2)12(13)14/h4-7,9H,3,8H2,1-2H3,(H3,13,14). The molecule has 3 N–H and O–H groups in total. The van der Waals surface area contributed by atoms with Gasteiger partial charge in [0.2, 0.25) is 0 Å². The van der Waals surface area contributed by atoms with Crippen LogP contribution in [0.15, 0.2) is 24.3 Å². The quantitative estimate of drug-likeness (QED) is 0.571. The topological polar surface area (TPSA) is 68.3 Å². The fourth-order valence-corrected chi connectivity index (χ4v) is 1.15. The minimum absolute atomic E-state index is 0.0883. The highest BCUT2D eigenvalue weighted by Gasteiger charge is 2.08. The average Bonchev–Trinajstić information content (AvgIpc) is 2.27. The predicted octanol–water partition coefficient (Wildman–Crippen LogP) is 2.04. The first-order valence-corrected chi connectivity index (χ1v) is 5.33. The van der Waals surface area contributed by atoms with Crippen LogP contribution in [0.4, 0.5) is 0 Å². The molecular weight excluding hydrogens is 204 g/mol. The molecule has 4 nitrogen and oxygen atoms in total. The van der Waals surface area contributed by atoms with E-state index < -0.39 is 0 Å². The minimum Gasteiger partial charge on any atom is -0.490 e. The van der Waals surface area contributed by atoms with Crippen molar-refractivity contribution in [3.8, 4) is 11.5 Å². The van der Waals surface area contributed by atoms with Crippen LogP contribution in [0.1, 0.15) is 13.8 Å². The van der Waals surface area contributed by atoms with Crippen LogP contribution in [0.25, 0.3) is 0 Å². The largest absolute Gasteiger partial charge is 0.490 e. The molecule has 0 heterocycles. The lowest BCUT2D eigenvalue weighted by atomic mass is 10.2. The molecule has 0 amide bonds. The molecule has 4 heteroatoms. The highest BCUT2D eigenvalue weighted by Crippen LogP contribution is 2.26. The Bertz CT molecular complexity index is 353. The van der Waals surface area contributed by atoms with E-state index in [2.05, 4.69) is 0 Å². The third kappa shape index (κ3) is 3.46. The van der Waals surface area contributed by atoms with Crippen molar-refractivity contribution >= 4 is 5.84 Å². The van der Waals surface area contributed by atoms with E-state index in [-0.39, 0.29) is 11.8 Å². The predicted molar refractivity (Wildman–Crippen MR) is 64.2 cm³/mol. The van der Waals surface area contributed by atoms with E-state index in [1.165, 1.54) is 0 Å². The second kappa shape index (κ2) is 6.00. The highest BCUT2D eigenvalue weighted by molar-refractivity contribution is 5.79. The molecule has 0 aliphatic rings. The summed E-state index contributed by atoms with van der Waals surface area (Å²) in [7, 11) is 0. The van der Waals surface area contributed by atoms with Gasteiger partial charge in [0, 0.05) is 5.92 Å². The van der Waals surface area contributed by atoms with Crippen molar-refractivity contribution in [1.29, 1.82) is 5.41 Å². The highest BCUT2D eigenvalue weighted by atomic mass is 16.5. The molecule has 0 aliphatic heterocycles. The molecule has 0 aromatic heterocycles. The summed E-state index contributed by atoms with van der Waals surface area (Å²) < 4.78 is 11.0. The van der Waals surface area contributed by atoms with Gasteiger partial charge in [0.1, 0.15) is 0 Å². The van der Waals surface area contributed by atoms with Crippen molar-refractivity contribution in [3.05, 3.63) is 24.3 Å². The number of ether oxygens (including phenoxy) is 2. The first-order valence-electron chi connectivity index (χ1n) is 5.33. The Morgan fingerprint density at radius 1 is 1.31 bits per heavy atom. The van der Waals surface area contributed by atoms with Crippen LogP contribution in [0.2, 0.25) is 0 Å². The van der Waals surface area contributed by atoms with Crippen LogP contribution >= 0.6 is 0 Å². The van der Waals surface area contributed by atoms with Crippen LogP contribution in [0.3, 0.4) is 0 Å². The number of para-hydroxylation sites is 2. The molecule has 0 radical (unpaired) electrons. The van der Waals surface area contributed by atoms with Crippen molar-refractivity contribution in [2.24, 2.45) is 11.7 Å². The van der Waals surface area contributed by atoms with Gasteiger partial charge in [-0.05, 0) is 19.1 Å². The van der Waals surface area contributed by atoms with Gasteiger partial charge in [0.15, 0.2) is 11.5 Å². The molecule has 1 aromatic carbocycles. The molecule has 88 valence electrons. The molecule has 0 fully saturated rings. The monoisotopic (exact) mass is 222 g/mol. The van der Waals surface area contributed by atoms with Crippen LogP contribution in [-0.4, -0.2) is 19.0 Å². The van der Waals surface area contributed by atoms with Crippen LogP contribution < -0.4 is 15.2 Å². The zero-order valence-corrected chi connectivity index (χ0v) is 9.69. The van der Waals surface area contributed by atoms with E-state index >= 15 is 0 Å². The van der Waals surface area contributed by atoms with Gasteiger partial charge in [0.25, 0.3) is 0 Å². The SMILES string of the molecule is CCOc1ccccc1OCC(C)C(=N)N. The Balaban J connectivity index is 2.62. The van der Waals surface area contributed by atoms with Crippen molar-refractivity contribution < 1.29 is 9.47 Å². The van der Waals surface area contributed by atoms with E-state index in [1.54, 1.807) is 0 Å². The summed E-state index contributed by atoms with van der Waals surface area (Å²) in [4.78, 5) is 0. The van der Waals surface area contributed by atoms with Crippen LogP contribution in [-0.2, 0) is 0 Å². The number of benzene rings is 1. The fraction of sp³-hybridized carbons (Fsp3) is 0.417. The Hall–Kier alpha value is -1.71. The van der Waals surface area contributed by atoms with Gasteiger partial charge in [-0.1, -0.05) is 19.1 Å². The lowest BCUT2D eigenvalue weighted by Crippen LogP contribution is -2.25. The Labute approximate surface area is 95.9 Å². The minimum atomic E-state index is -0.0883. The average molecular weight is 222 g/mol. The van der Waals surface area contributed by atoms with E-state index in [0.29, 0.717) is 19.0 Å². The van der Waals surface area contributed by atoms with E-state index in [4.69, 9.17) is 20.6 Å². The molecule has 0 spiro atoms. The number of hydrogen-bond acceptors (Lipinski definition) is 3. The van der Waals surface area contributed by atoms with E-state index in [1.807, 2.05) is 38.1 Å². The maximum absolute atomic E-state index is 7.27. The number of amidine groups is 1. The zero-order chi connectivity index (χ0) is 12.0. The van der Waals surface area contributed by atoms with Gasteiger partial charge in [-0.25, -0.2) is 0 Å². The second-order valence-electron chi connectivity index (χ2n) is 3.55. The molecule has 1 rings (SSSR count). The van der Waals surface area contributed by atoms with Crippen molar-refractivity contribution in [2.75, 3.05) is 13.2 Å². The molecule has 1 atom stereocenters. The van der Waals surface area contributed by atoms with Crippen molar-refractivity contribution in [3.63, 3.8) is 0 Å². The number of rotatable bonds is 6. The molecule has 1 aromatic rings. The third-order valence-corrected chi connectivity index (χ3v) is 2.17. The number of hydrogen-bond donors (Lipinski definition) is 2. The summed E-state index contributed by atoms with van der Waals surface area (Å²) in [6.45, 7) is 4.77. The van der Waals surface area contributed by atoms with Crippen LogP contribution in [0, 0.1) is 11.3 Å². The first kappa shape index (κ1) is 12.4. The first-order chi connectivity index (χ1) is 7.65. The number of nitrogens with two attached hydrogens (primary N) is 1. The summed E-state index contributed by atoms with van der Waals surface area (Å²) in [6, 6.07) is 7.48. The maximum atomic E-state index is 7.27. The summed E-state index contributed by atoms with van der Waals surface area (Å²) in [5.41, 5.74) is 5.37. The van der Waals surface area contributed by atoms with Gasteiger partial charge in [0.05, 0.1) is 19.0 Å². The Morgan fingerprint density at radius 2 is 1.88 bits per heavy atom. The van der Waals surface area contributed by atoms with E-state index in [9.17, 15) is 0 Å². The molecule has 0 aliphatic carbocycles. The van der Waals surface area contributed by atoms with Gasteiger partial charge in [-0.2, -0.15) is 0 Å². The van der Waals surface area contributed by atoms with Gasteiger partial charge in [-0.3, -0.25) is 5.41 Å². The second-order valence-corrected chi connectivity index (χ2v) is 3.55. The van der Waals surface area contributed by atoms with Gasteiger partial charge >= 0.3 is 0 Å². The molecule has 0 saturated heterocycles. The molecule has 0 bridgehead atoms. The van der Waals surface area contributed by atoms with Crippen molar-refractivity contribution in [2.45, 2.75) is 13.8 Å². The molecule has 16 heavy (non-hydrogen) atoms. The summed E-state index contributed by atoms with van der Waals surface area (Å²) in [5.74, 6) is 1.46. The van der Waals surface area contributed by atoms with Gasteiger partial charge < -0.3 is 15.2 Å². The summed E-state index contributed by atoms with van der Waals surface area (Å²) >= 11 is 0. The van der Waals surface area contributed by atoms with Gasteiger partial charge in [-0.15, -0.1) is 0 Å². The summed E-state index contributed by atoms with van der Waals surface area (Å²) in [6.07, 6.45) is 0. The molecular formula is C12H18N2O2. The lowest BCUT2D eigenvalue weighted by Gasteiger charge is -2.14. The van der Waals surface area contributed by atoms with E-state index in [0.717, 1.165) is 5.75 Å². The third-order valence-electron chi connectivity index (χ3n) is 2.17. The summed E-state index contributed by atoms with van der Waals surface area (Å²) in [5, 5.41) is 7.27. The van der Waals surface area contributed by atoms with Crippen LogP contribution in [0.5, 0.6) is 11.5 Å². The lowest BCUT2D eigenvalue weighted by molar-refractivity contribution is 0.262. The fourth-order valence-electron chi connectivity index (χ4n) is 1.15. The molecule has 0 saturated carbocycles. The van der Waals surface area contributed by atoms with Crippen molar-refractivity contribution in [1.82, 2.24) is 0 Å². The Morgan fingerprint density at radius 3 is 2.38 bits per heavy atom. The zero-order valence-electron chi connectivity index (χ0n) is 9.69. The Kier molecular flexibility index (Phi) is 4.64.